The van der Waals surface area contributed by atoms with Gasteiger partial charge in [0.15, 0.2) is 0 Å². The molecule has 1 atom stereocenters. The first-order valence-electron chi connectivity index (χ1n) is 2.36. The second-order valence-corrected chi connectivity index (χ2v) is 1.37. The predicted octanol–water partition coefficient (Wildman–Crippen LogP) is -1.12. The Morgan fingerprint density at radius 1 is 1.71 bits per heavy atom. The predicted molar refractivity (Wildman–Crippen MR) is 25.2 cm³/mol. The number of hydrogen-bond acceptors (Lipinski definition) is 2. The van der Waals surface area contributed by atoms with E-state index in [-0.39, 0.29) is 0 Å². The Balaban J connectivity index is 2.68. The number of nitrogens with one attached hydrogen (secondary N) is 1. The van der Waals surface area contributed by atoms with Gasteiger partial charge in [-0.3, -0.25) is 0 Å². The van der Waals surface area contributed by atoms with Gasteiger partial charge in [-0.1, -0.05) is 0 Å². The van der Waals surface area contributed by atoms with Crippen molar-refractivity contribution >= 4 is 0 Å². The third-order valence-corrected chi connectivity index (χ3v) is 0.515. The molecular formula is C4H12NO2+. The zero-order valence-electron chi connectivity index (χ0n) is 4.77. The summed E-state index contributed by atoms with van der Waals surface area (Å²) in [5.74, 6) is 0. The van der Waals surface area contributed by atoms with Gasteiger partial charge in [0.2, 0.25) is 6.73 Å². The minimum absolute atomic E-state index is 0.335. The molecule has 0 heterocycles. The Kier molecular flexibility index (Phi) is 3.98. The van der Waals surface area contributed by atoms with Crippen molar-refractivity contribution in [2.75, 3.05) is 20.4 Å². The van der Waals surface area contributed by atoms with Crippen LogP contribution in [-0.4, -0.2) is 25.6 Å². The molecule has 2 N–H and O–H groups in total. The first kappa shape index (κ1) is 6.88. The van der Waals surface area contributed by atoms with Gasteiger partial charge in [-0.05, 0) is 6.92 Å². The van der Waals surface area contributed by atoms with E-state index in [1.165, 1.54) is 0 Å². The molecular weight excluding hydrogens is 94.0 g/mol. The van der Waals surface area contributed by atoms with Crippen LogP contribution in [0.2, 0.25) is 0 Å². The fraction of sp³-hybridized carbons (Fsp3) is 1.00. The van der Waals surface area contributed by atoms with E-state index in [2.05, 4.69) is 0 Å². The first-order chi connectivity index (χ1) is 3.27. The first-order valence-corrected chi connectivity index (χ1v) is 2.36. The molecule has 0 saturated carbocycles. The summed E-state index contributed by atoms with van der Waals surface area (Å²) in [7, 11) is 1.62. The summed E-state index contributed by atoms with van der Waals surface area (Å²) in [6, 6.07) is 0. The lowest BCUT2D eigenvalue weighted by Crippen LogP contribution is -3.06. The van der Waals surface area contributed by atoms with Gasteiger partial charge < -0.3 is 4.74 Å². The molecule has 0 radical (unpaired) electrons. The SMILES string of the molecule is CCOC[NH+](C)O. The van der Waals surface area contributed by atoms with E-state index in [0.717, 1.165) is 0 Å². The van der Waals surface area contributed by atoms with Gasteiger partial charge >= 0.3 is 0 Å². The molecule has 3 nitrogen and oxygen atoms in total. The van der Waals surface area contributed by atoms with Crippen LogP contribution in [-0.2, 0) is 4.74 Å². The zero-order valence-corrected chi connectivity index (χ0v) is 4.77. The van der Waals surface area contributed by atoms with Gasteiger partial charge in [0.25, 0.3) is 0 Å². The summed E-state index contributed by atoms with van der Waals surface area (Å²) < 4.78 is 4.81. The summed E-state index contributed by atoms with van der Waals surface area (Å²) in [6.45, 7) is 2.93. The van der Waals surface area contributed by atoms with Crippen LogP contribution in [0.5, 0.6) is 0 Å². The molecule has 44 valence electrons. The molecule has 0 aliphatic rings. The van der Waals surface area contributed by atoms with Crippen LogP contribution in [0.4, 0.5) is 0 Å². The Morgan fingerprint density at radius 3 is 2.43 bits per heavy atom. The summed E-state index contributed by atoms with van der Waals surface area (Å²) in [6.07, 6.45) is 0. The molecule has 0 rings (SSSR count). The fourth-order valence-corrected chi connectivity index (χ4v) is 0.250. The van der Waals surface area contributed by atoms with Gasteiger partial charge in [0.1, 0.15) is 0 Å². The highest BCUT2D eigenvalue weighted by atomic mass is 16.6. The molecule has 0 aromatic heterocycles. The second kappa shape index (κ2) is 4.05. The Labute approximate surface area is 43.5 Å². The molecule has 7 heavy (non-hydrogen) atoms. The van der Waals surface area contributed by atoms with Crippen LogP contribution in [0.25, 0.3) is 0 Å². The molecule has 0 spiro atoms. The van der Waals surface area contributed by atoms with Gasteiger partial charge in [0, 0.05) is 6.61 Å². The fourth-order valence-electron chi connectivity index (χ4n) is 0.250. The van der Waals surface area contributed by atoms with Crippen molar-refractivity contribution < 1.29 is 15.0 Å². The van der Waals surface area contributed by atoms with Crippen molar-refractivity contribution in [2.24, 2.45) is 0 Å². The maximum Gasteiger partial charge on any atom is 0.210 e. The van der Waals surface area contributed by atoms with Crippen LogP contribution < -0.4 is 5.06 Å². The van der Waals surface area contributed by atoms with E-state index in [9.17, 15) is 0 Å². The number of rotatable bonds is 3. The summed E-state index contributed by atoms with van der Waals surface area (Å²) in [4.78, 5) is 0. The second-order valence-electron chi connectivity index (χ2n) is 1.37. The van der Waals surface area contributed by atoms with Crippen molar-refractivity contribution in [3.05, 3.63) is 0 Å². The third-order valence-electron chi connectivity index (χ3n) is 0.515. The van der Waals surface area contributed by atoms with Crippen molar-refractivity contribution in [3.8, 4) is 0 Å². The lowest BCUT2D eigenvalue weighted by molar-refractivity contribution is -1.09. The van der Waals surface area contributed by atoms with Crippen molar-refractivity contribution in [1.29, 1.82) is 0 Å². The van der Waals surface area contributed by atoms with Gasteiger partial charge in [-0.2, -0.15) is 5.06 Å². The molecule has 1 unspecified atom stereocenters. The molecule has 0 aliphatic carbocycles. The van der Waals surface area contributed by atoms with Crippen LogP contribution in [0.15, 0.2) is 0 Å². The quantitative estimate of drug-likeness (QED) is 0.353. The maximum atomic E-state index is 8.48. The van der Waals surface area contributed by atoms with Crippen molar-refractivity contribution in [2.45, 2.75) is 6.92 Å². The van der Waals surface area contributed by atoms with Crippen molar-refractivity contribution in [1.82, 2.24) is 0 Å². The average Bonchev–Trinajstić information content (AvgIpc) is 1.61. The van der Waals surface area contributed by atoms with E-state index in [1.807, 2.05) is 6.92 Å². The minimum Gasteiger partial charge on any atom is -0.329 e. The van der Waals surface area contributed by atoms with Crippen LogP contribution in [0.1, 0.15) is 6.92 Å². The molecule has 0 fully saturated rings. The Hall–Kier alpha value is -0.120. The monoisotopic (exact) mass is 106 g/mol. The summed E-state index contributed by atoms with van der Waals surface area (Å²) in [5, 5.41) is 8.81. The summed E-state index contributed by atoms with van der Waals surface area (Å²) >= 11 is 0. The highest BCUT2D eigenvalue weighted by Crippen LogP contribution is 1.58. The van der Waals surface area contributed by atoms with Crippen LogP contribution in [0.3, 0.4) is 0 Å². The van der Waals surface area contributed by atoms with E-state index >= 15 is 0 Å². The molecule has 3 heteroatoms. The third kappa shape index (κ3) is 5.88. The average molecular weight is 106 g/mol. The van der Waals surface area contributed by atoms with Crippen LogP contribution in [0, 0.1) is 0 Å². The topological polar surface area (TPSA) is 33.9 Å². The number of quaternary nitrogens is 1. The van der Waals surface area contributed by atoms with E-state index in [4.69, 9.17) is 9.94 Å². The lowest BCUT2D eigenvalue weighted by atomic mass is 10.9. The van der Waals surface area contributed by atoms with Gasteiger partial charge in [0.05, 0.1) is 7.05 Å². The number of hydrogen-bond donors (Lipinski definition) is 2. The molecule has 0 aromatic rings. The van der Waals surface area contributed by atoms with Gasteiger partial charge in [-0.25, -0.2) is 5.21 Å². The van der Waals surface area contributed by atoms with Crippen molar-refractivity contribution in [3.63, 3.8) is 0 Å². The molecule has 0 bridgehead atoms. The molecule has 0 aliphatic heterocycles. The normalized spacial score (nSPS) is 14.1. The van der Waals surface area contributed by atoms with E-state index < -0.39 is 0 Å². The van der Waals surface area contributed by atoms with Gasteiger partial charge in [-0.15, -0.1) is 0 Å². The maximum absolute atomic E-state index is 8.48. The highest BCUT2D eigenvalue weighted by molar-refractivity contribution is 3.99. The molecule has 0 aromatic carbocycles. The number of hydroxylamine groups is 2. The van der Waals surface area contributed by atoms with Crippen LogP contribution >= 0.6 is 0 Å². The molecule has 0 saturated heterocycles. The largest absolute Gasteiger partial charge is 0.329 e. The highest BCUT2D eigenvalue weighted by Gasteiger charge is 1.89. The number of ether oxygens (including phenoxy) is 1. The van der Waals surface area contributed by atoms with E-state index in [0.29, 0.717) is 18.4 Å². The smallest absolute Gasteiger partial charge is 0.210 e. The molecule has 0 amide bonds. The Morgan fingerprint density at radius 2 is 2.29 bits per heavy atom. The summed E-state index contributed by atoms with van der Waals surface area (Å²) in [5.41, 5.74) is 0. The van der Waals surface area contributed by atoms with E-state index in [1.54, 1.807) is 7.05 Å². The zero-order chi connectivity index (χ0) is 5.70. The minimum atomic E-state index is 0.335. The Bertz CT molecular complexity index is 38.7. The lowest BCUT2D eigenvalue weighted by Gasteiger charge is -2.01. The standard InChI is InChI=1S/C4H11NO2/c1-3-7-4-5(2)6/h6H,3-4H2,1-2H3/p+1.